The first-order valence-corrected chi connectivity index (χ1v) is 13.2. The minimum absolute atomic E-state index is 0.209. The summed E-state index contributed by atoms with van der Waals surface area (Å²) in [5.74, 6) is -2.03. The van der Waals surface area contributed by atoms with Crippen molar-refractivity contribution in [1.82, 2.24) is 20.1 Å². The van der Waals surface area contributed by atoms with Crippen LogP contribution in [-0.2, 0) is 11.3 Å². The zero-order valence-corrected chi connectivity index (χ0v) is 23.1. The number of hydrogen-bond donors (Lipinski definition) is 2. The summed E-state index contributed by atoms with van der Waals surface area (Å²) in [7, 11) is 0. The molecule has 1 saturated carbocycles. The van der Waals surface area contributed by atoms with Crippen molar-refractivity contribution in [3.63, 3.8) is 0 Å². The van der Waals surface area contributed by atoms with Crippen LogP contribution in [0.15, 0.2) is 73.3 Å². The summed E-state index contributed by atoms with van der Waals surface area (Å²) in [4.78, 5) is 29.9. The molecule has 2 N–H and O–H groups in total. The zero-order chi connectivity index (χ0) is 27.0. The zero-order valence-electron chi connectivity index (χ0n) is 19.3. The van der Waals surface area contributed by atoms with Crippen LogP contribution in [0.1, 0.15) is 27.4 Å². The third-order valence-electron chi connectivity index (χ3n) is 6.13. The standard InChI is InChI=1S/C26H18Cl5N5O2/c27-16-7-15(8-17(28)9-16)22-23(26(22,30)31)25(38)35-18-3-6-21(29)20(10-18)24(37)33-11-14-1-4-19(5-2-14)36-13-32-12-34-36/h1-10,12-13,22-23H,11H2,(H,33,37)(H,35,38)/t22-,23+/m1/s1. The number of amides is 2. The van der Waals surface area contributed by atoms with E-state index in [4.69, 9.17) is 58.0 Å². The molecule has 0 radical (unpaired) electrons. The van der Waals surface area contributed by atoms with Crippen LogP contribution in [0.2, 0.25) is 15.1 Å². The Balaban J connectivity index is 1.24. The molecule has 194 valence electrons. The van der Waals surface area contributed by atoms with Gasteiger partial charge in [-0.25, -0.2) is 9.67 Å². The van der Waals surface area contributed by atoms with Gasteiger partial charge >= 0.3 is 0 Å². The van der Waals surface area contributed by atoms with E-state index in [1.54, 1.807) is 35.3 Å². The molecule has 0 bridgehead atoms. The lowest BCUT2D eigenvalue weighted by molar-refractivity contribution is -0.117. The van der Waals surface area contributed by atoms with Gasteiger partial charge in [-0.1, -0.05) is 46.9 Å². The van der Waals surface area contributed by atoms with Crippen molar-refractivity contribution in [3.05, 3.63) is 105 Å². The van der Waals surface area contributed by atoms with Gasteiger partial charge in [-0.05, 0) is 59.7 Å². The molecule has 4 aromatic rings. The van der Waals surface area contributed by atoms with Crippen LogP contribution in [0.5, 0.6) is 0 Å². The van der Waals surface area contributed by atoms with E-state index in [1.807, 2.05) is 24.3 Å². The summed E-state index contributed by atoms with van der Waals surface area (Å²) in [6.07, 6.45) is 3.05. The molecule has 0 saturated heterocycles. The van der Waals surface area contributed by atoms with Crippen molar-refractivity contribution < 1.29 is 9.59 Å². The van der Waals surface area contributed by atoms with Crippen LogP contribution in [-0.4, -0.2) is 30.9 Å². The topological polar surface area (TPSA) is 88.9 Å². The number of carbonyl (C=O) groups is 2. The van der Waals surface area contributed by atoms with Gasteiger partial charge in [-0.15, -0.1) is 23.2 Å². The quantitative estimate of drug-likeness (QED) is 0.229. The van der Waals surface area contributed by atoms with E-state index in [9.17, 15) is 9.59 Å². The highest BCUT2D eigenvalue weighted by Crippen LogP contribution is 2.65. The van der Waals surface area contributed by atoms with Crippen LogP contribution in [0.4, 0.5) is 5.69 Å². The lowest BCUT2D eigenvalue weighted by Gasteiger charge is -2.11. The number of benzene rings is 3. The Morgan fingerprint density at radius 3 is 2.32 bits per heavy atom. The van der Waals surface area contributed by atoms with Gasteiger partial charge in [0.1, 0.15) is 17.0 Å². The molecule has 0 unspecified atom stereocenters. The molecule has 1 heterocycles. The number of anilines is 1. The van der Waals surface area contributed by atoms with Crippen LogP contribution < -0.4 is 10.6 Å². The van der Waals surface area contributed by atoms with Gasteiger partial charge in [0.05, 0.1) is 22.2 Å². The fourth-order valence-corrected chi connectivity index (χ4v) is 5.78. The molecule has 2 amide bonds. The van der Waals surface area contributed by atoms with E-state index in [0.29, 0.717) is 21.3 Å². The predicted octanol–water partition coefficient (Wildman–Crippen LogP) is 6.68. The van der Waals surface area contributed by atoms with Crippen LogP contribution in [0, 0.1) is 5.92 Å². The Morgan fingerprint density at radius 2 is 1.66 bits per heavy atom. The fourth-order valence-electron chi connectivity index (χ4n) is 4.21. The number of nitrogens with zero attached hydrogens (tertiary/aromatic N) is 3. The minimum atomic E-state index is -1.33. The highest BCUT2D eigenvalue weighted by atomic mass is 35.5. The third-order valence-corrected chi connectivity index (χ3v) is 7.84. The molecule has 3 aromatic carbocycles. The molecule has 5 rings (SSSR count). The smallest absolute Gasteiger partial charge is 0.253 e. The van der Waals surface area contributed by atoms with Gasteiger partial charge in [-0.2, -0.15) is 5.10 Å². The fraction of sp³-hybridized carbons (Fsp3) is 0.154. The number of aromatic nitrogens is 3. The molecular weight excluding hydrogens is 592 g/mol. The molecule has 0 spiro atoms. The summed E-state index contributed by atoms with van der Waals surface area (Å²) < 4.78 is 0.308. The third kappa shape index (κ3) is 5.63. The lowest BCUT2D eigenvalue weighted by atomic mass is 10.1. The average Bonchev–Trinajstić information content (AvgIpc) is 3.18. The minimum Gasteiger partial charge on any atom is -0.348 e. The van der Waals surface area contributed by atoms with E-state index < -0.39 is 28.0 Å². The number of carbonyl (C=O) groups excluding carboxylic acids is 2. The van der Waals surface area contributed by atoms with Crippen molar-refractivity contribution in [2.24, 2.45) is 5.92 Å². The first-order chi connectivity index (χ1) is 18.1. The van der Waals surface area contributed by atoms with Crippen molar-refractivity contribution in [2.45, 2.75) is 16.8 Å². The summed E-state index contributed by atoms with van der Waals surface area (Å²) in [6, 6.07) is 17.1. The normalized spacial score (nSPS) is 17.6. The van der Waals surface area contributed by atoms with Crippen molar-refractivity contribution in [3.8, 4) is 5.69 Å². The first-order valence-electron chi connectivity index (χ1n) is 11.3. The number of alkyl halides is 2. The van der Waals surface area contributed by atoms with Gasteiger partial charge in [0, 0.05) is 28.2 Å². The number of rotatable bonds is 7. The largest absolute Gasteiger partial charge is 0.348 e. The average molecular weight is 610 g/mol. The van der Waals surface area contributed by atoms with Crippen LogP contribution >= 0.6 is 58.0 Å². The summed E-state index contributed by atoms with van der Waals surface area (Å²) in [5.41, 5.74) is 2.97. The second kappa shape index (κ2) is 10.8. The monoisotopic (exact) mass is 607 g/mol. The molecule has 7 nitrogen and oxygen atoms in total. The van der Waals surface area contributed by atoms with E-state index in [-0.39, 0.29) is 17.1 Å². The van der Waals surface area contributed by atoms with Gasteiger partial charge in [-0.3, -0.25) is 9.59 Å². The van der Waals surface area contributed by atoms with E-state index in [2.05, 4.69) is 20.7 Å². The maximum atomic E-state index is 13.0. The van der Waals surface area contributed by atoms with E-state index >= 15 is 0 Å². The second-order valence-electron chi connectivity index (χ2n) is 8.71. The Hall–Kier alpha value is -2.81. The Morgan fingerprint density at radius 1 is 0.947 bits per heavy atom. The Labute approximate surface area is 243 Å². The van der Waals surface area contributed by atoms with E-state index in [1.165, 1.54) is 18.5 Å². The molecular formula is C26H18Cl5N5O2. The highest BCUT2D eigenvalue weighted by molar-refractivity contribution is 6.53. The summed E-state index contributed by atoms with van der Waals surface area (Å²) in [5, 5.41) is 10.8. The lowest BCUT2D eigenvalue weighted by Crippen LogP contribution is -2.23. The van der Waals surface area contributed by atoms with Crippen molar-refractivity contribution in [1.29, 1.82) is 0 Å². The maximum Gasteiger partial charge on any atom is 0.253 e. The van der Waals surface area contributed by atoms with Crippen molar-refractivity contribution >= 4 is 75.5 Å². The van der Waals surface area contributed by atoms with Crippen LogP contribution in [0.3, 0.4) is 0 Å². The Kier molecular flexibility index (Phi) is 7.58. The summed E-state index contributed by atoms with van der Waals surface area (Å²) >= 11 is 31.4. The molecule has 1 aliphatic carbocycles. The van der Waals surface area contributed by atoms with Crippen molar-refractivity contribution in [2.75, 3.05) is 5.32 Å². The Bertz CT molecular complexity index is 1490. The maximum absolute atomic E-state index is 13.0. The molecule has 1 fully saturated rings. The summed E-state index contributed by atoms with van der Waals surface area (Å²) in [6.45, 7) is 0.274. The number of halogens is 5. The molecule has 0 aliphatic heterocycles. The second-order valence-corrected chi connectivity index (χ2v) is 11.4. The van der Waals surface area contributed by atoms with Crippen LogP contribution in [0.25, 0.3) is 5.69 Å². The predicted molar refractivity (Wildman–Crippen MR) is 150 cm³/mol. The van der Waals surface area contributed by atoms with Gasteiger partial charge < -0.3 is 10.6 Å². The molecule has 12 heteroatoms. The highest BCUT2D eigenvalue weighted by Gasteiger charge is 2.67. The molecule has 38 heavy (non-hydrogen) atoms. The molecule has 1 aliphatic rings. The van der Waals surface area contributed by atoms with E-state index in [0.717, 1.165) is 11.3 Å². The molecule has 2 atom stereocenters. The molecule has 1 aromatic heterocycles. The SMILES string of the molecule is O=C(NCc1ccc(-n2cncn2)cc1)c1cc(NC(=O)[C@@H]2[C@@H](c3cc(Cl)cc(Cl)c3)C2(Cl)Cl)ccc1Cl. The van der Waals surface area contributed by atoms with Gasteiger partial charge in [0.2, 0.25) is 5.91 Å². The number of hydrogen-bond acceptors (Lipinski definition) is 4. The van der Waals surface area contributed by atoms with Gasteiger partial charge in [0.15, 0.2) is 0 Å². The number of nitrogens with one attached hydrogen (secondary N) is 2. The van der Waals surface area contributed by atoms with Gasteiger partial charge in [0.25, 0.3) is 5.91 Å². The first kappa shape index (κ1) is 26.8.